The number of urea groups is 1. The molecule has 1 saturated heterocycles. The molecule has 0 spiro atoms. The molecule has 0 bridgehead atoms. The van der Waals surface area contributed by atoms with Crippen LogP contribution in [0.3, 0.4) is 0 Å². The van der Waals surface area contributed by atoms with E-state index in [0.717, 1.165) is 0 Å². The van der Waals surface area contributed by atoms with Crippen molar-refractivity contribution < 1.29 is 4.79 Å². The summed E-state index contributed by atoms with van der Waals surface area (Å²) in [6, 6.07) is 0.439. The lowest BCUT2D eigenvalue weighted by atomic mass is 9.80. The molecule has 0 aromatic rings. The maximum absolute atomic E-state index is 11.7. The maximum Gasteiger partial charge on any atom is 0.320 e. The van der Waals surface area contributed by atoms with Crippen LogP contribution >= 0.6 is 0 Å². The predicted molar refractivity (Wildman–Crippen MR) is 53.6 cm³/mol. The smallest absolute Gasteiger partial charge is 0.320 e. The first-order valence-electron chi connectivity index (χ1n) is 4.80. The highest BCUT2D eigenvalue weighted by atomic mass is 16.2. The van der Waals surface area contributed by atoms with Crippen molar-refractivity contribution in [1.29, 1.82) is 0 Å². The van der Waals surface area contributed by atoms with Crippen LogP contribution < -0.4 is 0 Å². The fourth-order valence-electron chi connectivity index (χ4n) is 1.89. The second-order valence-electron chi connectivity index (χ2n) is 4.64. The lowest BCUT2D eigenvalue weighted by Crippen LogP contribution is -2.64. The second-order valence-corrected chi connectivity index (χ2v) is 4.64. The molecule has 3 heteroatoms. The van der Waals surface area contributed by atoms with E-state index in [9.17, 15) is 4.79 Å². The van der Waals surface area contributed by atoms with Crippen LogP contribution in [0.2, 0.25) is 0 Å². The molecule has 0 aliphatic carbocycles. The average molecular weight is 184 g/mol. The van der Waals surface area contributed by atoms with Crippen molar-refractivity contribution in [3.63, 3.8) is 0 Å². The summed E-state index contributed by atoms with van der Waals surface area (Å²) in [7, 11) is 3.75. The molecule has 0 N–H and O–H groups in total. The van der Waals surface area contributed by atoms with Crippen molar-refractivity contribution in [3.8, 4) is 0 Å². The number of hydrogen-bond acceptors (Lipinski definition) is 1. The standard InChI is InChI=1S/C10H20N2O/c1-7-8(2)11(5)9(13)12(6)10(7,3)4/h7-8H,1-6H3/t7-,8+/m0/s1. The quantitative estimate of drug-likeness (QED) is 0.563. The second kappa shape index (κ2) is 2.89. The van der Waals surface area contributed by atoms with Crippen LogP contribution in [0.4, 0.5) is 4.79 Å². The average Bonchev–Trinajstić information content (AvgIpc) is 2.09. The first kappa shape index (κ1) is 10.4. The molecule has 1 heterocycles. The highest BCUT2D eigenvalue weighted by Gasteiger charge is 2.44. The third-order valence-electron chi connectivity index (χ3n) is 3.90. The molecule has 3 nitrogen and oxygen atoms in total. The van der Waals surface area contributed by atoms with Gasteiger partial charge in [0.05, 0.1) is 0 Å². The van der Waals surface area contributed by atoms with Gasteiger partial charge in [-0.1, -0.05) is 6.92 Å². The number of nitrogens with zero attached hydrogens (tertiary/aromatic N) is 2. The molecule has 13 heavy (non-hydrogen) atoms. The fourth-order valence-corrected chi connectivity index (χ4v) is 1.89. The minimum atomic E-state index is -0.0387. The summed E-state index contributed by atoms with van der Waals surface area (Å²) in [4.78, 5) is 15.4. The van der Waals surface area contributed by atoms with Gasteiger partial charge in [0, 0.05) is 25.7 Å². The molecule has 1 aliphatic heterocycles. The van der Waals surface area contributed by atoms with Gasteiger partial charge in [0.2, 0.25) is 0 Å². The Labute approximate surface area is 80.7 Å². The van der Waals surface area contributed by atoms with E-state index in [1.807, 2.05) is 23.9 Å². The summed E-state index contributed by atoms with van der Waals surface area (Å²) in [6.07, 6.45) is 0. The van der Waals surface area contributed by atoms with Crippen molar-refractivity contribution in [1.82, 2.24) is 9.80 Å². The Morgan fingerprint density at radius 1 is 1.23 bits per heavy atom. The molecule has 0 saturated carbocycles. The molecule has 2 amide bonds. The summed E-state index contributed by atoms with van der Waals surface area (Å²) < 4.78 is 0. The number of rotatable bonds is 0. The van der Waals surface area contributed by atoms with Gasteiger partial charge in [0.1, 0.15) is 0 Å². The third kappa shape index (κ3) is 1.30. The zero-order valence-electron chi connectivity index (χ0n) is 9.46. The summed E-state index contributed by atoms with van der Waals surface area (Å²) in [5.74, 6) is 0.486. The minimum absolute atomic E-state index is 0.0387. The first-order chi connectivity index (χ1) is 5.80. The highest BCUT2D eigenvalue weighted by Crippen LogP contribution is 2.33. The molecular weight excluding hydrogens is 164 g/mol. The van der Waals surface area contributed by atoms with Crippen LogP contribution in [-0.2, 0) is 0 Å². The third-order valence-corrected chi connectivity index (χ3v) is 3.90. The fraction of sp³-hybridized carbons (Fsp3) is 0.900. The molecule has 76 valence electrons. The van der Waals surface area contributed by atoms with Gasteiger partial charge in [0.25, 0.3) is 0 Å². The maximum atomic E-state index is 11.7. The van der Waals surface area contributed by atoms with Gasteiger partial charge in [-0.05, 0) is 26.7 Å². The molecule has 0 aromatic heterocycles. The Hall–Kier alpha value is -0.730. The van der Waals surface area contributed by atoms with E-state index in [-0.39, 0.29) is 11.6 Å². The number of amides is 2. The zero-order chi connectivity index (χ0) is 10.4. The van der Waals surface area contributed by atoms with Gasteiger partial charge in [-0.25, -0.2) is 4.79 Å². The Morgan fingerprint density at radius 3 is 2.15 bits per heavy atom. The molecule has 0 radical (unpaired) electrons. The van der Waals surface area contributed by atoms with E-state index >= 15 is 0 Å². The SMILES string of the molecule is C[C@@H]1[C@H](C)C(C)(C)N(C)C(=O)N1C. The van der Waals surface area contributed by atoms with Crippen LogP contribution in [-0.4, -0.2) is 41.5 Å². The van der Waals surface area contributed by atoms with Gasteiger partial charge in [-0.15, -0.1) is 0 Å². The Kier molecular flexibility index (Phi) is 2.30. The molecule has 0 unspecified atom stereocenters. The van der Waals surface area contributed by atoms with Crippen molar-refractivity contribution in [2.24, 2.45) is 5.92 Å². The summed E-state index contributed by atoms with van der Waals surface area (Å²) in [5, 5.41) is 0. The van der Waals surface area contributed by atoms with E-state index in [1.165, 1.54) is 0 Å². The number of carbonyl (C=O) groups is 1. The summed E-state index contributed by atoms with van der Waals surface area (Å²) in [6.45, 7) is 8.56. The monoisotopic (exact) mass is 184 g/mol. The molecular formula is C10H20N2O. The summed E-state index contributed by atoms with van der Waals surface area (Å²) in [5.41, 5.74) is -0.0387. The van der Waals surface area contributed by atoms with Crippen LogP contribution in [0, 0.1) is 5.92 Å². The lowest BCUT2D eigenvalue weighted by molar-refractivity contribution is 0.0155. The van der Waals surface area contributed by atoms with E-state index in [4.69, 9.17) is 0 Å². The first-order valence-corrected chi connectivity index (χ1v) is 4.80. The topological polar surface area (TPSA) is 23.6 Å². The van der Waals surface area contributed by atoms with Gasteiger partial charge < -0.3 is 9.80 Å². The van der Waals surface area contributed by atoms with E-state index in [1.54, 1.807) is 0 Å². The normalized spacial score (nSPS) is 33.8. The van der Waals surface area contributed by atoms with Gasteiger partial charge in [0.15, 0.2) is 0 Å². The lowest BCUT2D eigenvalue weighted by Gasteiger charge is -2.51. The van der Waals surface area contributed by atoms with Crippen molar-refractivity contribution >= 4 is 6.03 Å². The van der Waals surface area contributed by atoms with Crippen LogP contribution in [0.15, 0.2) is 0 Å². The Balaban J connectivity index is 3.00. The molecule has 0 aromatic carbocycles. The minimum Gasteiger partial charge on any atom is -0.325 e. The van der Waals surface area contributed by atoms with Crippen molar-refractivity contribution in [3.05, 3.63) is 0 Å². The Bertz CT molecular complexity index is 225. The zero-order valence-corrected chi connectivity index (χ0v) is 9.46. The number of hydrogen-bond donors (Lipinski definition) is 0. The molecule has 1 rings (SSSR count). The van der Waals surface area contributed by atoms with Gasteiger partial charge in [-0.3, -0.25) is 0 Å². The van der Waals surface area contributed by atoms with Gasteiger partial charge in [-0.2, -0.15) is 0 Å². The predicted octanol–water partition coefficient (Wildman–Crippen LogP) is 1.79. The van der Waals surface area contributed by atoms with E-state index in [0.29, 0.717) is 12.0 Å². The molecule has 2 atom stereocenters. The van der Waals surface area contributed by atoms with Crippen LogP contribution in [0.1, 0.15) is 27.7 Å². The van der Waals surface area contributed by atoms with Crippen LogP contribution in [0.25, 0.3) is 0 Å². The van der Waals surface area contributed by atoms with Crippen LogP contribution in [0.5, 0.6) is 0 Å². The highest BCUT2D eigenvalue weighted by molar-refractivity contribution is 5.76. The largest absolute Gasteiger partial charge is 0.325 e. The Morgan fingerprint density at radius 2 is 1.69 bits per heavy atom. The summed E-state index contributed by atoms with van der Waals surface area (Å²) >= 11 is 0. The molecule has 1 fully saturated rings. The van der Waals surface area contributed by atoms with Gasteiger partial charge >= 0.3 is 6.03 Å². The van der Waals surface area contributed by atoms with E-state index in [2.05, 4.69) is 27.7 Å². The van der Waals surface area contributed by atoms with Crippen molar-refractivity contribution in [2.45, 2.75) is 39.3 Å². The van der Waals surface area contributed by atoms with Crippen molar-refractivity contribution in [2.75, 3.05) is 14.1 Å². The van der Waals surface area contributed by atoms with E-state index < -0.39 is 0 Å². The molecule has 1 aliphatic rings. The number of carbonyl (C=O) groups excluding carboxylic acids is 1.